The van der Waals surface area contributed by atoms with Gasteiger partial charge in [0, 0.05) is 44.5 Å². The summed E-state index contributed by atoms with van der Waals surface area (Å²) in [5.41, 5.74) is 1.70. The van der Waals surface area contributed by atoms with Gasteiger partial charge in [0.1, 0.15) is 0 Å². The lowest BCUT2D eigenvalue weighted by molar-refractivity contribution is 0.0761. The van der Waals surface area contributed by atoms with Crippen LogP contribution in [-0.4, -0.2) is 59.3 Å². The monoisotopic (exact) mass is 281 g/mol. The van der Waals surface area contributed by atoms with Gasteiger partial charge in [0.05, 0.1) is 5.56 Å². The zero-order valence-electron chi connectivity index (χ0n) is 11.3. The topological polar surface area (TPSA) is 36.4 Å². The molecule has 1 fully saturated rings. The molecule has 5 heteroatoms. The second-order valence-electron chi connectivity index (χ2n) is 4.93. The van der Waals surface area contributed by atoms with E-state index < -0.39 is 0 Å². The fourth-order valence-corrected chi connectivity index (χ4v) is 2.61. The summed E-state index contributed by atoms with van der Waals surface area (Å²) >= 11 is 5.77. The van der Waals surface area contributed by atoms with Crippen molar-refractivity contribution in [1.82, 2.24) is 14.8 Å². The van der Waals surface area contributed by atoms with E-state index in [2.05, 4.69) is 9.88 Å². The van der Waals surface area contributed by atoms with Crippen LogP contribution < -0.4 is 0 Å². The van der Waals surface area contributed by atoms with Gasteiger partial charge in [-0.25, -0.2) is 0 Å². The van der Waals surface area contributed by atoms with Crippen molar-refractivity contribution < 1.29 is 4.79 Å². The third kappa shape index (κ3) is 3.91. The molecular weight excluding hydrogens is 262 g/mol. The number of aryl methyl sites for hydroxylation is 1. The first-order valence-electron chi connectivity index (χ1n) is 6.70. The molecule has 0 aliphatic carbocycles. The number of hydrogen-bond donors (Lipinski definition) is 0. The molecular formula is C14H20ClN3O. The maximum absolute atomic E-state index is 12.4. The molecule has 1 aliphatic heterocycles. The van der Waals surface area contributed by atoms with Gasteiger partial charge in [0.2, 0.25) is 0 Å². The molecule has 19 heavy (non-hydrogen) atoms. The van der Waals surface area contributed by atoms with E-state index in [0.29, 0.717) is 11.4 Å². The highest BCUT2D eigenvalue weighted by Crippen LogP contribution is 2.10. The number of rotatable bonds is 3. The predicted octanol–water partition coefficient (Wildman–Crippen LogP) is 1.78. The van der Waals surface area contributed by atoms with E-state index in [9.17, 15) is 4.79 Å². The molecule has 1 aromatic rings. The van der Waals surface area contributed by atoms with Crippen LogP contribution in [0.1, 0.15) is 22.3 Å². The first kappa shape index (κ1) is 14.3. The molecule has 0 saturated carbocycles. The average molecular weight is 282 g/mol. The Hall–Kier alpha value is -1.13. The summed E-state index contributed by atoms with van der Waals surface area (Å²) in [6.45, 7) is 6.35. The van der Waals surface area contributed by atoms with Gasteiger partial charge in [0.15, 0.2) is 0 Å². The number of carbonyl (C=O) groups is 1. The van der Waals surface area contributed by atoms with Crippen LogP contribution >= 0.6 is 11.6 Å². The summed E-state index contributed by atoms with van der Waals surface area (Å²) in [6.07, 6.45) is 4.42. The van der Waals surface area contributed by atoms with Crippen molar-refractivity contribution in [3.05, 3.63) is 29.6 Å². The van der Waals surface area contributed by atoms with Gasteiger partial charge in [-0.3, -0.25) is 9.78 Å². The quantitative estimate of drug-likeness (QED) is 0.793. The fourth-order valence-electron chi connectivity index (χ4n) is 2.37. The number of aromatic nitrogens is 1. The second-order valence-corrected chi connectivity index (χ2v) is 5.31. The van der Waals surface area contributed by atoms with Crippen molar-refractivity contribution in [2.75, 3.05) is 38.6 Å². The van der Waals surface area contributed by atoms with Gasteiger partial charge in [-0.2, -0.15) is 0 Å². The Morgan fingerprint density at radius 2 is 2.16 bits per heavy atom. The largest absolute Gasteiger partial charge is 0.337 e. The number of halogens is 1. The van der Waals surface area contributed by atoms with Crippen LogP contribution in [0, 0.1) is 6.92 Å². The minimum absolute atomic E-state index is 0.0870. The minimum atomic E-state index is 0.0870. The fraction of sp³-hybridized carbons (Fsp3) is 0.571. The number of hydrogen-bond acceptors (Lipinski definition) is 3. The van der Waals surface area contributed by atoms with Gasteiger partial charge in [-0.15, -0.1) is 11.6 Å². The van der Waals surface area contributed by atoms with Crippen LogP contribution in [0.15, 0.2) is 18.5 Å². The zero-order chi connectivity index (χ0) is 13.7. The van der Waals surface area contributed by atoms with Gasteiger partial charge >= 0.3 is 0 Å². The normalized spacial score (nSPS) is 17.3. The lowest BCUT2D eigenvalue weighted by atomic mass is 10.2. The van der Waals surface area contributed by atoms with E-state index in [-0.39, 0.29) is 5.91 Å². The molecule has 1 aliphatic rings. The molecule has 0 radical (unpaired) electrons. The Morgan fingerprint density at radius 3 is 2.89 bits per heavy atom. The second kappa shape index (κ2) is 6.87. The summed E-state index contributed by atoms with van der Waals surface area (Å²) in [4.78, 5) is 20.7. The molecule has 1 amide bonds. The first-order chi connectivity index (χ1) is 9.20. The molecule has 0 N–H and O–H groups in total. The number of pyridine rings is 1. The number of alkyl halides is 1. The van der Waals surface area contributed by atoms with E-state index in [1.54, 1.807) is 12.4 Å². The summed E-state index contributed by atoms with van der Waals surface area (Å²) in [7, 11) is 0. The highest BCUT2D eigenvalue weighted by Gasteiger charge is 2.20. The van der Waals surface area contributed by atoms with Crippen LogP contribution in [0.3, 0.4) is 0 Å². The molecule has 0 spiro atoms. The average Bonchev–Trinajstić information content (AvgIpc) is 2.64. The highest BCUT2D eigenvalue weighted by atomic mass is 35.5. The van der Waals surface area contributed by atoms with Crippen LogP contribution in [0.5, 0.6) is 0 Å². The van der Waals surface area contributed by atoms with E-state index in [1.807, 2.05) is 17.9 Å². The number of nitrogens with zero attached hydrogens (tertiary/aromatic N) is 3. The van der Waals surface area contributed by atoms with Crippen molar-refractivity contribution in [2.24, 2.45) is 0 Å². The lowest BCUT2D eigenvalue weighted by Gasteiger charge is -2.21. The molecule has 2 heterocycles. The first-order valence-corrected chi connectivity index (χ1v) is 7.23. The van der Waals surface area contributed by atoms with Crippen molar-refractivity contribution in [1.29, 1.82) is 0 Å². The summed E-state index contributed by atoms with van der Waals surface area (Å²) < 4.78 is 0. The number of amides is 1. The molecule has 0 unspecified atom stereocenters. The molecule has 0 aromatic carbocycles. The Morgan fingerprint density at radius 1 is 1.32 bits per heavy atom. The Labute approximate surface area is 119 Å². The Balaban J connectivity index is 2.00. The maximum Gasteiger partial charge on any atom is 0.255 e. The van der Waals surface area contributed by atoms with Crippen molar-refractivity contribution in [3.63, 3.8) is 0 Å². The van der Waals surface area contributed by atoms with E-state index in [0.717, 1.165) is 44.7 Å². The predicted molar refractivity (Wildman–Crippen MR) is 76.7 cm³/mol. The standard InChI is InChI=1S/C14H20ClN3O/c1-12-9-13(11-16-10-12)14(19)18-5-2-4-17(6-3-15)7-8-18/h9-11H,2-8H2,1H3. The van der Waals surface area contributed by atoms with Gasteiger partial charge in [-0.05, 0) is 31.5 Å². The lowest BCUT2D eigenvalue weighted by Crippen LogP contribution is -2.35. The van der Waals surface area contributed by atoms with Crippen LogP contribution in [0.2, 0.25) is 0 Å². The van der Waals surface area contributed by atoms with Crippen LogP contribution in [0.25, 0.3) is 0 Å². The maximum atomic E-state index is 12.4. The van der Waals surface area contributed by atoms with E-state index >= 15 is 0 Å². The zero-order valence-corrected chi connectivity index (χ0v) is 12.1. The Bertz CT molecular complexity index is 438. The minimum Gasteiger partial charge on any atom is -0.337 e. The highest BCUT2D eigenvalue weighted by molar-refractivity contribution is 6.18. The summed E-state index contributed by atoms with van der Waals surface area (Å²) in [5, 5.41) is 0. The molecule has 0 bridgehead atoms. The molecule has 1 aromatic heterocycles. The van der Waals surface area contributed by atoms with Crippen molar-refractivity contribution in [3.8, 4) is 0 Å². The van der Waals surface area contributed by atoms with Crippen LogP contribution in [-0.2, 0) is 0 Å². The Kier molecular flexibility index (Phi) is 5.16. The number of carbonyl (C=O) groups excluding carboxylic acids is 1. The smallest absolute Gasteiger partial charge is 0.255 e. The van der Waals surface area contributed by atoms with Gasteiger partial charge in [0.25, 0.3) is 5.91 Å². The van der Waals surface area contributed by atoms with E-state index in [1.165, 1.54) is 0 Å². The van der Waals surface area contributed by atoms with E-state index in [4.69, 9.17) is 11.6 Å². The summed E-state index contributed by atoms with van der Waals surface area (Å²) in [5.74, 6) is 0.736. The summed E-state index contributed by atoms with van der Waals surface area (Å²) in [6, 6.07) is 1.90. The molecule has 2 rings (SSSR count). The third-order valence-electron chi connectivity index (χ3n) is 3.40. The molecule has 1 saturated heterocycles. The third-order valence-corrected chi connectivity index (χ3v) is 3.57. The molecule has 0 atom stereocenters. The van der Waals surface area contributed by atoms with Gasteiger partial charge in [-0.1, -0.05) is 0 Å². The molecule has 4 nitrogen and oxygen atoms in total. The molecule has 104 valence electrons. The van der Waals surface area contributed by atoms with Crippen LogP contribution in [0.4, 0.5) is 0 Å². The SMILES string of the molecule is Cc1cncc(C(=O)N2CCCN(CCCl)CC2)c1. The van der Waals surface area contributed by atoms with Crippen molar-refractivity contribution >= 4 is 17.5 Å². The van der Waals surface area contributed by atoms with Gasteiger partial charge < -0.3 is 9.80 Å². The van der Waals surface area contributed by atoms with Crippen molar-refractivity contribution in [2.45, 2.75) is 13.3 Å².